The van der Waals surface area contributed by atoms with Crippen molar-refractivity contribution in [3.63, 3.8) is 0 Å². The number of imide groups is 1. The smallest absolute Gasteiger partial charge is 0.318 e. The summed E-state index contributed by atoms with van der Waals surface area (Å²) in [5.41, 5.74) is 4.90. The minimum absolute atomic E-state index is 0.0960. The summed E-state index contributed by atoms with van der Waals surface area (Å²) in [4.78, 5) is 22.0. The SMILES string of the molecule is C[C@H](N[C@H](C)c1cc(F)ccc1F)C(=O)NC(N)=O. The summed E-state index contributed by atoms with van der Waals surface area (Å²) in [5, 5.41) is 4.64. The Morgan fingerprint density at radius 3 is 2.47 bits per heavy atom. The van der Waals surface area contributed by atoms with Crippen molar-refractivity contribution < 1.29 is 18.4 Å². The highest BCUT2D eigenvalue weighted by molar-refractivity contribution is 5.96. The molecule has 4 N–H and O–H groups in total. The maximum absolute atomic E-state index is 13.5. The van der Waals surface area contributed by atoms with Gasteiger partial charge in [0.25, 0.3) is 0 Å². The summed E-state index contributed by atoms with van der Waals surface area (Å²) in [6.45, 7) is 3.05. The molecule has 0 saturated carbocycles. The Bertz CT molecular complexity index is 494. The van der Waals surface area contributed by atoms with Crippen LogP contribution in [0.2, 0.25) is 0 Å². The fourth-order valence-electron chi connectivity index (χ4n) is 1.62. The Kier molecular flexibility index (Phi) is 4.94. The fraction of sp³-hybridized carbons (Fsp3) is 0.333. The van der Waals surface area contributed by atoms with E-state index in [2.05, 4.69) is 5.32 Å². The van der Waals surface area contributed by atoms with Gasteiger partial charge in [-0.05, 0) is 32.0 Å². The van der Waals surface area contributed by atoms with Gasteiger partial charge in [-0.15, -0.1) is 0 Å². The second-order valence-electron chi connectivity index (χ2n) is 4.13. The molecule has 0 unspecified atom stereocenters. The zero-order valence-electron chi connectivity index (χ0n) is 10.5. The van der Waals surface area contributed by atoms with Crippen LogP contribution in [0, 0.1) is 11.6 Å². The largest absolute Gasteiger partial charge is 0.351 e. The highest BCUT2D eigenvalue weighted by atomic mass is 19.1. The zero-order valence-corrected chi connectivity index (χ0v) is 10.5. The van der Waals surface area contributed by atoms with Crippen molar-refractivity contribution in [2.24, 2.45) is 5.73 Å². The highest BCUT2D eigenvalue weighted by Crippen LogP contribution is 2.18. The van der Waals surface area contributed by atoms with E-state index in [-0.39, 0.29) is 5.56 Å². The van der Waals surface area contributed by atoms with E-state index in [4.69, 9.17) is 5.73 Å². The molecule has 0 aliphatic rings. The van der Waals surface area contributed by atoms with Crippen LogP contribution in [-0.4, -0.2) is 18.0 Å². The molecule has 5 nitrogen and oxygen atoms in total. The molecule has 104 valence electrons. The maximum atomic E-state index is 13.5. The molecule has 0 spiro atoms. The van der Waals surface area contributed by atoms with Gasteiger partial charge in [0.05, 0.1) is 6.04 Å². The van der Waals surface area contributed by atoms with Crippen LogP contribution < -0.4 is 16.4 Å². The first-order chi connectivity index (χ1) is 8.81. The summed E-state index contributed by atoms with van der Waals surface area (Å²) in [6.07, 6.45) is 0. The van der Waals surface area contributed by atoms with Gasteiger partial charge in [-0.25, -0.2) is 13.6 Å². The number of nitrogens with two attached hydrogens (primary N) is 1. The van der Waals surface area contributed by atoms with Gasteiger partial charge in [-0.1, -0.05) is 0 Å². The molecule has 1 aromatic carbocycles. The van der Waals surface area contributed by atoms with Gasteiger partial charge in [0.15, 0.2) is 0 Å². The Balaban J connectivity index is 2.73. The first-order valence-electron chi connectivity index (χ1n) is 5.62. The second kappa shape index (κ2) is 6.24. The Hall–Kier alpha value is -2.02. The average molecular weight is 271 g/mol. The lowest BCUT2D eigenvalue weighted by molar-refractivity contribution is -0.121. The monoisotopic (exact) mass is 271 g/mol. The van der Waals surface area contributed by atoms with Gasteiger partial charge >= 0.3 is 6.03 Å². The van der Waals surface area contributed by atoms with E-state index in [0.717, 1.165) is 18.2 Å². The third kappa shape index (κ3) is 4.29. The number of hydrogen-bond donors (Lipinski definition) is 3. The normalized spacial score (nSPS) is 13.7. The van der Waals surface area contributed by atoms with Gasteiger partial charge in [0.2, 0.25) is 5.91 Å². The molecule has 0 aliphatic carbocycles. The minimum Gasteiger partial charge on any atom is -0.351 e. The molecule has 0 radical (unpaired) electrons. The van der Waals surface area contributed by atoms with Crippen LogP contribution in [0.5, 0.6) is 0 Å². The van der Waals surface area contributed by atoms with Crippen molar-refractivity contribution in [1.82, 2.24) is 10.6 Å². The summed E-state index contributed by atoms with van der Waals surface area (Å²) in [5.74, 6) is -1.79. The molecular weight excluding hydrogens is 256 g/mol. The number of rotatable bonds is 4. The van der Waals surface area contributed by atoms with Crippen molar-refractivity contribution in [2.45, 2.75) is 25.9 Å². The lowest BCUT2D eigenvalue weighted by atomic mass is 10.1. The van der Waals surface area contributed by atoms with E-state index in [1.54, 1.807) is 6.92 Å². The van der Waals surface area contributed by atoms with E-state index in [1.165, 1.54) is 6.92 Å². The number of carbonyl (C=O) groups excluding carboxylic acids is 2. The van der Waals surface area contributed by atoms with Gasteiger partial charge < -0.3 is 5.73 Å². The Labute approximate surface area is 109 Å². The van der Waals surface area contributed by atoms with Gasteiger partial charge in [0.1, 0.15) is 11.6 Å². The third-order valence-corrected chi connectivity index (χ3v) is 2.56. The standard InChI is InChI=1S/C12H15F2N3O2/c1-6(9-5-8(13)3-4-10(9)14)16-7(2)11(18)17-12(15)19/h3-7,16H,1-2H3,(H3,15,17,18,19)/t6-,7+/m1/s1. The third-order valence-electron chi connectivity index (χ3n) is 2.56. The number of amides is 3. The van der Waals surface area contributed by atoms with Crippen LogP contribution in [0.1, 0.15) is 25.5 Å². The molecule has 0 aliphatic heterocycles. The molecule has 0 fully saturated rings. The topological polar surface area (TPSA) is 84.2 Å². The first kappa shape index (κ1) is 15.0. The van der Waals surface area contributed by atoms with Gasteiger partial charge in [-0.3, -0.25) is 15.4 Å². The quantitative estimate of drug-likeness (QED) is 0.769. The minimum atomic E-state index is -0.969. The average Bonchev–Trinajstić information content (AvgIpc) is 2.31. The van der Waals surface area contributed by atoms with Crippen LogP contribution in [0.4, 0.5) is 13.6 Å². The number of carbonyl (C=O) groups is 2. The second-order valence-corrected chi connectivity index (χ2v) is 4.13. The number of benzene rings is 1. The molecule has 0 heterocycles. The van der Waals surface area contributed by atoms with Crippen LogP contribution in [0.15, 0.2) is 18.2 Å². The molecule has 0 aromatic heterocycles. The van der Waals surface area contributed by atoms with Crippen molar-refractivity contribution in [3.05, 3.63) is 35.4 Å². The van der Waals surface area contributed by atoms with Crippen LogP contribution in [0.25, 0.3) is 0 Å². The highest BCUT2D eigenvalue weighted by Gasteiger charge is 2.19. The van der Waals surface area contributed by atoms with E-state index in [9.17, 15) is 18.4 Å². The van der Waals surface area contributed by atoms with Gasteiger partial charge in [0, 0.05) is 11.6 Å². The number of urea groups is 1. The molecule has 1 aromatic rings. The molecule has 7 heteroatoms. The lowest BCUT2D eigenvalue weighted by Crippen LogP contribution is -2.47. The van der Waals surface area contributed by atoms with Crippen LogP contribution in [-0.2, 0) is 4.79 Å². The molecule has 3 amide bonds. The summed E-state index contributed by atoms with van der Waals surface area (Å²) < 4.78 is 26.5. The van der Waals surface area contributed by atoms with Crippen LogP contribution in [0.3, 0.4) is 0 Å². The van der Waals surface area contributed by atoms with Gasteiger partial charge in [-0.2, -0.15) is 0 Å². The van der Waals surface area contributed by atoms with Crippen molar-refractivity contribution in [3.8, 4) is 0 Å². The number of hydrogen-bond acceptors (Lipinski definition) is 3. The van der Waals surface area contributed by atoms with Crippen molar-refractivity contribution >= 4 is 11.9 Å². The lowest BCUT2D eigenvalue weighted by Gasteiger charge is -2.19. The van der Waals surface area contributed by atoms with Crippen molar-refractivity contribution in [1.29, 1.82) is 0 Å². The first-order valence-corrected chi connectivity index (χ1v) is 5.62. The Morgan fingerprint density at radius 1 is 1.26 bits per heavy atom. The van der Waals surface area contributed by atoms with E-state index >= 15 is 0 Å². The molecule has 0 saturated heterocycles. The van der Waals surface area contributed by atoms with Crippen LogP contribution >= 0.6 is 0 Å². The van der Waals surface area contributed by atoms with E-state index in [1.807, 2.05) is 5.32 Å². The maximum Gasteiger partial charge on any atom is 0.318 e. The van der Waals surface area contributed by atoms with E-state index < -0.39 is 35.7 Å². The number of halogens is 2. The summed E-state index contributed by atoms with van der Waals surface area (Å²) in [7, 11) is 0. The predicted molar refractivity (Wildman–Crippen MR) is 65.1 cm³/mol. The number of primary amides is 1. The summed E-state index contributed by atoms with van der Waals surface area (Å²) in [6, 6.07) is 0.704. The predicted octanol–water partition coefficient (Wildman–Crippen LogP) is 1.20. The molecule has 2 atom stereocenters. The molecule has 1 rings (SSSR count). The molecule has 0 bridgehead atoms. The zero-order chi connectivity index (χ0) is 14.6. The fourth-order valence-corrected chi connectivity index (χ4v) is 1.62. The summed E-state index contributed by atoms with van der Waals surface area (Å²) >= 11 is 0. The molecular formula is C12H15F2N3O2. The van der Waals surface area contributed by atoms with E-state index in [0.29, 0.717) is 0 Å². The number of nitrogens with one attached hydrogen (secondary N) is 2. The Morgan fingerprint density at radius 2 is 1.89 bits per heavy atom. The molecule has 19 heavy (non-hydrogen) atoms. The van der Waals surface area contributed by atoms with Crippen molar-refractivity contribution in [2.75, 3.05) is 0 Å².